The molecule has 0 fully saturated rings. The van der Waals surface area contributed by atoms with Gasteiger partial charge in [0.05, 0.1) is 5.69 Å². The second-order valence-electron chi connectivity index (χ2n) is 6.92. The summed E-state index contributed by atoms with van der Waals surface area (Å²) in [6.45, 7) is 3.47. The van der Waals surface area contributed by atoms with Gasteiger partial charge in [0, 0.05) is 23.6 Å². The Labute approximate surface area is 175 Å². The molecule has 5 nitrogen and oxygen atoms in total. The van der Waals surface area contributed by atoms with Gasteiger partial charge in [0.2, 0.25) is 5.91 Å². The van der Waals surface area contributed by atoms with Gasteiger partial charge in [0.1, 0.15) is 12.4 Å². The van der Waals surface area contributed by atoms with Crippen molar-refractivity contribution in [2.45, 2.75) is 6.92 Å². The van der Waals surface area contributed by atoms with Gasteiger partial charge < -0.3 is 9.64 Å². The molecule has 3 aromatic rings. The Morgan fingerprint density at radius 1 is 1.17 bits per heavy atom. The van der Waals surface area contributed by atoms with Gasteiger partial charge >= 0.3 is 0 Å². The molecular weight excluding hydrogens is 382 g/mol. The summed E-state index contributed by atoms with van der Waals surface area (Å²) in [5.74, 6) is 0.582. The molecule has 0 radical (unpaired) electrons. The van der Waals surface area contributed by atoms with Gasteiger partial charge in [-0.05, 0) is 44.8 Å². The standard InChI is InChI=1S/C23H25N3O2S/c1-17-8-10-18(11-9-17)12-13-22(27)25-23-24-20(16-29-23)19-6-4-5-7-21(19)28-15-14-26(2)3/h4-13,16H,14-15H2,1-3H3,(H,24,25,27)/b13-12+. The van der Waals surface area contributed by atoms with Crippen molar-refractivity contribution in [2.24, 2.45) is 0 Å². The fourth-order valence-corrected chi connectivity index (χ4v) is 3.31. The van der Waals surface area contributed by atoms with E-state index in [4.69, 9.17) is 4.74 Å². The number of carbonyl (C=O) groups excluding carboxylic acids is 1. The molecule has 0 aliphatic carbocycles. The summed E-state index contributed by atoms with van der Waals surface area (Å²) in [5, 5.41) is 5.31. The zero-order valence-corrected chi connectivity index (χ0v) is 17.7. The molecule has 0 atom stereocenters. The summed E-state index contributed by atoms with van der Waals surface area (Å²) in [4.78, 5) is 18.8. The third kappa shape index (κ3) is 6.27. The Bertz CT molecular complexity index is 978. The van der Waals surface area contributed by atoms with E-state index in [-0.39, 0.29) is 5.91 Å². The van der Waals surface area contributed by atoms with Gasteiger partial charge in [-0.15, -0.1) is 11.3 Å². The van der Waals surface area contributed by atoms with Crippen LogP contribution in [0, 0.1) is 6.92 Å². The zero-order chi connectivity index (χ0) is 20.6. The monoisotopic (exact) mass is 407 g/mol. The Morgan fingerprint density at radius 2 is 1.93 bits per heavy atom. The quantitative estimate of drug-likeness (QED) is 0.550. The Balaban J connectivity index is 1.65. The lowest BCUT2D eigenvalue weighted by molar-refractivity contribution is -0.111. The molecule has 1 heterocycles. The van der Waals surface area contributed by atoms with Crippen LogP contribution in [0.4, 0.5) is 5.13 Å². The van der Waals surface area contributed by atoms with E-state index in [9.17, 15) is 4.79 Å². The summed E-state index contributed by atoms with van der Waals surface area (Å²) >= 11 is 1.39. The average molecular weight is 408 g/mol. The van der Waals surface area contributed by atoms with E-state index in [1.54, 1.807) is 6.08 Å². The number of hydrogen-bond acceptors (Lipinski definition) is 5. The molecule has 1 aromatic heterocycles. The number of para-hydroxylation sites is 1. The minimum absolute atomic E-state index is 0.206. The Hall–Kier alpha value is -2.96. The number of rotatable bonds is 8. The minimum atomic E-state index is -0.206. The first-order valence-electron chi connectivity index (χ1n) is 9.39. The number of hydrogen-bond donors (Lipinski definition) is 1. The summed E-state index contributed by atoms with van der Waals surface area (Å²) in [6, 6.07) is 15.8. The molecule has 6 heteroatoms. The summed E-state index contributed by atoms with van der Waals surface area (Å²) in [7, 11) is 4.02. The van der Waals surface area contributed by atoms with Crippen molar-refractivity contribution in [3.63, 3.8) is 0 Å². The van der Waals surface area contributed by atoms with Crippen LogP contribution in [0.15, 0.2) is 60.0 Å². The van der Waals surface area contributed by atoms with Gasteiger partial charge in [-0.3, -0.25) is 10.1 Å². The smallest absolute Gasteiger partial charge is 0.250 e. The van der Waals surface area contributed by atoms with E-state index in [1.807, 2.05) is 74.9 Å². The molecular formula is C23H25N3O2S. The second kappa shape index (κ2) is 10.0. The third-order valence-electron chi connectivity index (χ3n) is 4.20. The largest absolute Gasteiger partial charge is 0.492 e. The average Bonchev–Trinajstić information content (AvgIpc) is 3.16. The highest BCUT2D eigenvalue weighted by Crippen LogP contribution is 2.32. The second-order valence-corrected chi connectivity index (χ2v) is 7.78. The van der Waals surface area contributed by atoms with Crippen LogP contribution in [0.25, 0.3) is 17.3 Å². The lowest BCUT2D eigenvalue weighted by Crippen LogP contribution is -2.19. The number of nitrogens with one attached hydrogen (secondary N) is 1. The van der Waals surface area contributed by atoms with Crippen LogP contribution in [-0.2, 0) is 4.79 Å². The van der Waals surface area contributed by atoms with E-state index in [2.05, 4.69) is 15.2 Å². The van der Waals surface area contributed by atoms with Crippen molar-refractivity contribution in [1.29, 1.82) is 0 Å². The number of likely N-dealkylation sites (N-methyl/N-ethyl adjacent to an activating group) is 1. The Kier molecular flexibility index (Phi) is 7.16. The molecule has 0 saturated heterocycles. The number of anilines is 1. The maximum atomic E-state index is 12.2. The van der Waals surface area contributed by atoms with Crippen LogP contribution in [0.2, 0.25) is 0 Å². The topological polar surface area (TPSA) is 54.5 Å². The highest BCUT2D eigenvalue weighted by Gasteiger charge is 2.11. The predicted octanol–water partition coefficient (Wildman–Crippen LogP) is 4.71. The third-order valence-corrected chi connectivity index (χ3v) is 4.96. The van der Waals surface area contributed by atoms with Crippen LogP contribution >= 0.6 is 11.3 Å². The van der Waals surface area contributed by atoms with E-state index in [0.29, 0.717) is 11.7 Å². The molecule has 1 N–H and O–H groups in total. The van der Waals surface area contributed by atoms with Gasteiger partial charge in [-0.1, -0.05) is 42.0 Å². The maximum absolute atomic E-state index is 12.2. The van der Waals surface area contributed by atoms with Crippen molar-refractivity contribution >= 4 is 28.5 Å². The number of carbonyl (C=O) groups is 1. The van der Waals surface area contributed by atoms with Gasteiger partial charge in [-0.25, -0.2) is 4.98 Å². The SMILES string of the molecule is Cc1ccc(/C=C/C(=O)Nc2nc(-c3ccccc3OCCN(C)C)cs2)cc1. The first-order valence-corrected chi connectivity index (χ1v) is 10.3. The molecule has 150 valence electrons. The molecule has 2 aromatic carbocycles. The van der Waals surface area contributed by atoms with Crippen LogP contribution < -0.4 is 10.1 Å². The molecule has 1 amide bonds. The summed E-state index contributed by atoms with van der Waals surface area (Å²) in [6.07, 6.45) is 3.31. The molecule has 3 rings (SSSR count). The van der Waals surface area contributed by atoms with Gasteiger partial charge in [0.15, 0.2) is 5.13 Å². The number of aryl methyl sites for hydroxylation is 1. The van der Waals surface area contributed by atoms with E-state index < -0.39 is 0 Å². The molecule has 29 heavy (non-hydrogen) atoms. The summed E-state index contributed by atoms with van der Waals surface area (Å²) < 4.78 is 5.91. The summed E-state index contributed by atoms with van der Waals surface area (Å²) in [5.41, 5.74) is 3.87. The zero-order valence-electron chi connectivity index (χ0n) is 16.9. The van der Waals surface area contributed by atoms with Crippen molar-refractivity contribution in [2.75, 3.05) is 32.6 Å². The fraction of sp³-hybridized carbons (Fsp3) is 0.217. The highest BCUT2D eigenvalue weighted by atomic mass is 32.1. The number of aromatic nitrogens is 1. The van der Waals surface area contributed by atoms with Crippen LogP contribution in [-0.4, -0.2) is 43.0 Å². The molecule has 0 spiro atoms. The first-order chi connectivity index (χ1) is 14.0. The van der Waals surface area contributed by atoms with Crippen LogP contribution in [0.3, 0.4) is 0 Å². The Morgan fingerprint density at radius 3 is 2.69 bits per heavy atom. The lowest BCUT2D eigenvalue weighted by atomic mass is 10.1. The van der Waals surface area contributed by atoms with Crippen molar-refractivity contribution in [1.82, 2.24) is 9.88 Å². The number of ether oxygens (including phenoxy) is 1. The van der Waals surface area contributed by atoms with Gasteiger partial charge in [-0.2, -0.15) is 0 Å². The van der Waals surface area contributed by atoms with Crippen molar-refractivity contribution in [3.05, 3.63) is 71.1 Å². The van der Waals surface area contributed by atoms with E-state index in [1.165, 1.54) is 23.0 Å². The van der Waals surface area contributed by atoms with Crippen LogP contribution in [0.5, 0.6) is 5.75 Å². The molecule has 0 bridgehead atoms. The maximum Gasteiger partial charge on any atom is 0.250 e. The fourth-order valence-electron chi connectivity index (χ4n) is 2.59. The molecule has 0 saturated carbocycles. The van der Waals surface area contributed by atoms with E-state index >= 15 is 0 Å². The van der Waals surface area contributed by atoms with Crippen LogP contribution in [0.1, 0.15) is 11.1 Å². The number of thiazole rings is 1. The van der Waals surface area contributed by atoms with E-state index in [0.717, 1.165) is 29.1 Å². The van der Waals surface area contributed by atoms with Crippen molar-refractivity contribution in [3.8, 4) is 17.0 Å². The number of amides is 1. The minimum Gasteiger partial charge on any atom is -0.492 e. The molecule has 0 unspecified atom stereocenters. The number of nitrogens with zero attached hydrogens (tertiary/aromatic N) is 2. The normalized spacial score (nSPS) is 11.2. The lowest BCUT2D eigenvalue weighted by Gasteiger charge is -2.13. The number of benzene rings is 2. The highest BCUT2D eigenvalue weighted by molar-refractivity contribution is 7.14. The predicted molar refractivity (Wildman–Crippen MR) is 120 cm³/mol. The molecule has 0 aliphatic heterocycles. The van der Waals surface area contributed by atoms with Gasteiger partial charge in [0.25, 0.3) is 0 Å². The van der Waals surface area contributed by atoms with Crippen molar-refractivity contribution < 1.29 is 9.53 Å². The molecule has 0 aliphatic rings. The first kappa shape index (κ1) is 20.8.